The van der Waals surface area contributed by atoms with Gasteiger partial charge in [0.2, 0.25) is 0 Å². The fourth-order valence-corrected chi connectivity index (χ4v) is 5.20. The Morgan fingerprint density at radius 3 is 2.35 bits per heavy atom. The molecule has 112 valence electrons. The molecule has 0 spiro atoms. The van der Waals surface area contributed by atoms with Crippen molar-refractivity contribution < 1.29 is 8.42 Å². The van der Waals surface area contributed by atoms with Crippen molar-refractivity contribution in [2.45, 2.75) is 43.9 Å². The highest BCUT2D eigenvalue weighted by Crippen LogP contribution is 2.29. The van der Waals surface area contributed by atoms with Crippen molar-refractivity contribution >= 4 is 9.84 Å². The average molecular weight is 295 g/mol. The van der Waals surface area contributed by atoms with Gasteiger partial charge in [0.15, 0.2) is 9.84 Å². The molecule has 0 amide bonds. The van der Waals surface area contributed by atoms with Crippen molar-refractivity contribution in [2.75, 3.05) is 12.8 Å². The van der Waals surface area contributed by atoms with Gasteiger partial charge in [0.1, 0.15) is 0 Å². The lowest BCUT2D eigenvalue weighted by Gasteiger charge is -2.25. The number of hydrogen-bond acceptors (Lipinski definition) is 3. The number of nitrogens with one attached hydrogen (secondary N) is 1. The summed E-state index contributed by atoms with van der Waals surface area (Å²) in [4.78, 5) is 0. The summed E-state index contributed by atoms with van der Waals surface area (Å²) in [6, 6.07) is 9.70. The van der Waals surface area contributed by atoms with E-state index < -0.39 is 15.1 Å². The van der Waals surface area contributed by atoms with E-state index in [1.807, 2.05) is 44.3 Å². The monoisotopic (exact) mass is 295 g/mol. The van der Waals surface area contributed by atoms with E-state index in [2.05, 4.69) is 5.32 Å². The molecule has 0 heterocycles. The van der Waals surface area contributed by atoms with Gasteiger partial charge in [-0.2, -0.15) is 0 Å². The molecule has 1 aromatic carbocycles. The van der Waals surface area contributed by atoms with Crippen LogP contribution >= 0.6 is 0 Å². The first-order valence-electron chi connectivity index (χ1n) is 7.48. The zero-order chi connectivity index (χ0) is 14.6. The van der Waals surface area contributed by atoms with Gasteiger partial charge in [0, 0.05) is 6.04 Å². The molecular weight excluding hydrogens is 270 g/mol. The fourth-order valence-electron chi connectivity index (χ4n) is 3.20. The molecule has 2 rings (SSSR count). The molecule has 0 bridgehead atoms. The van der Waals surface area contributed by atoms with E-state index in [1.54, 1.807) is 0 Å². The smallest absolute Gasteiger partial charge is 0.155 e. The van der Waals surface area contributed by atoms with Crippen LogP contribution in [-0.4, -0.2) is 26.5 Å². The van der Waals surface area contributed by atoms with Crippen molar-refractivity contribution in [3.05, 3.63) is 35.9 Å². The SMILES string of the molecule is CNC(c1ccccc1)C(C)S(=O)(=O)CC1CCCC1. The predicted molar refractivity (Wildman–Crippen MR) is 83.4 cm³/mol. The Morgan fingerprint density at radius 1 is 1.20 bits per heavy atom. The van der Waals surface area contributed by atoms with E-state index in [4.69, 9.17) is 0 Å². The molecule has 2 atom stereocenters. The van der Waals surface area contributed by atoms with Gasteiger partial charge in [0.05, 0.1) is 11.0 Å². The van der Waals surface area contributed by atoms with Gasteiger partial charge in [-0.25, -0.2) is 8.42 Å². The summed E-state index contributed by atoms with van der Waals surface area (Å²) in [6.45, 7) is 1.83. The van der Waals surface area contributed by atoms with Gasteiger partial charge in [-0.05, 0) is 38.3 Å². The molecule has 1 saturated carbocycles. The van der Waals surface area contributed by atoms with Crippen molar-refractivity contribution in [3.8, 4) is 0 Å². The predicted octanol–water partition coefficient (Wildman–Crippen LogP) is 2.94. The summed E-state index contributed by atoms with van der Waals surface area (Å²) >= 11 is 0. The minimum absolute atomic E-state index is 0.136. The van der Waals surface area contributed by atoms with E-state index in [-0.39, 0.29) is 6.04 Å². The highest BCUT2D eigenvalue weighted by molar-refractivity contribution is 7.92. The Morgan fingerprint density at radius 2 is 1.80 bits per heavy atom. The second-order valence-electron chi connectivity index (χ2n) is 5.86. The Hall–Kier alpha value is -0.870. The van der Waals surface area contributed by atoms with Crippen molar-refractivity contribution in [1.82, 2.24) is 5.32 Å². The molecule has 1 aliphatic rings. The van der Waals surface area contributed by atoms with Crippen LogP contribution in [-0.2, 0) is 9.84 Å². The molecule has 0 radical (unpaired) electrons. The minimum Gasteiger partial charge on any atom is -0.312 e. The summed E-state index contributed by atoms with van der Waals surface area (Å²) in [7, 11) is -1.23. The van der Waals surface area contributed by atoms with Crippen LogP contribution in [0.3, 0.4) is 0 Å². The highest BCUT2D eigenvalue weighted by Gasteiger charge is 2.32. The van der Waals surface area contributed by atoms with Crippen LogP contribution in [0.5, 0.6) is 0 Å². The van der Waals surface area contributed by atoms with Crippen LogP contribution in [0.1, 0.15) is 44.2 Å². The molecule has 3 nitrogen and oxygen atoms in total. The van der Waals surface area contributed by atoms with Crippen molar-refractivity contribution in [2.24, 2.45) is 5.92 Å². The van der Waals surface area contributed by atoms with E-state index >= 15 is 0 Å². The molecule has 4 heteroatoms. The fraction of sp³-hybridized carbons (Fsp3) is 0.625. The first-order chi connectivity index (χ1) is 9.54. The molecular formula is C16H25NO2S. The van der Waals surface area contributed by atoms with E-state index in [0.29, 0.717) is 11.7 Å². The standard InChI is InChI=1S/C16H25NO2S/c1-13(16(17-2)15-10-4-3-5-11-15)20(18,19)12-14-8-6-7-9-14/h3-5,10-11,13-14,16-17H,6-9,12H2,1-2H3. The van der Waals surface area contributed by atoms with Crippen LogP contribution in [0, 0.1) is 5.92 Å². The number of sulfone groups is 1. The second-order valence-corrected chi connectivity index (χ2v) is 8.26. The molecule has 0 aliphatic heterocycles. The van der Waals surface area contributed by atoms with E-state index in [1.165, 1.54) is 12.8 Å². The van der Waals surface area contributed by atoms with Gasteiger partial charge in [-0.3, -0.25) is 0 Å². The third-order valence-electron chi connectivity index (χ3n) is 4.45. The lowest BCUT2D eigenvalue weighted by molar-refractivity contribution is 0.514. The van der Waals surface area contributed by atoms with E-state index in [0.717, 1.165) is 18.4 Å². The zero-order valence-corrected chi connectivity index (χ0v) is 13.2. The third kappa shape index (κ3) is 3.61. The van der Waals surface area contributed by atoms with Crippen LogP contribution in [0.4, 0.5) is 0 Å². The van der Waals surface area contributed by atoms with Crippen LogP contribution in [0.2, 0.25) is 0 Å². The summed E-state index contributed by atoms with van der Waals surface area (Å²) in [5, 5.41) is 2.78. The molecule has 0 aromatic heterocycles. The molecule has 1 aliphatic carbocycles. The summed E-state index contributed by atoms with van der Waals surface area (Å²) in [5.41, 5.74) is 1.04. The molecule has 1 N–H and O–H groups in total. The van der Waals surface area contributed by atoms with Gasteiger partial charge >= 0.3 is 0 Å². The van der Waals surface area contributed by atoms with Crippen LogP contribution < -0.4 is 5.32 Å². The first-order valence-corrected chi connectivity index (χ1v) is 9.20. The molecule has 0 saturated heterocycles. The Balaban J connectivity index is 2.12. The molecule has 2 unspecified atom stereocenters. The zero-order valence-electron chi connectivity index (χ0n) is 12.4. The Bertz CT molecular complexity index is 507. The maximum Gasteiger partial charge on any atom is 0.155 e. The topological polar surface area (TPSA) is 46.2 Å². The summed E-state index contributed by atoms with van der Waals surface area (Å²) in [5.74, 6) is 0.717. The summed E-state index contributed by atoms with van der Waals surface area (Å²) in [6.07, 6.45) is 4.51. The molecule has 1 aromatic rings. The van der Waals surface area contributed by atoms with Gasteiger partial charge in [-0.15, -0.1) is 0 Å². The Kier molecular flexibility index (Phi) is 5.22. The van der Waals surface area contributed by atoms with Gasteiger partial charge in [0.25, 0.3) is 0 Å². The van der Waals surface area contributed by atoms with Gasteiger partial charge in [-0.1, -0.05) is 43.2 Å². The Labute approximate surface area is 122 Å². The van der Waals surface area contributed by atoms with Crippen molar-refractivity contribution in [3.63, 3.8) is 0 Å². The van der Waals surface area contributed by atoms with Crippen molar-refractivity contribution in [1.29, 1.82) is 0 Å². The number of hydrogen-bond donors (Lipinski definition) is 1. The molecule has 20 heavy (non-hydrogen) atoms. The van der Waals surface area contributed by atoms with Gasteiger partial charge < -0.3 is 5.32 Å². The second kappa shape index (κ2) is 6.72. The lowest BCUT2D eigenvalue weighted by Crippen LogP contribution is -2.36. The normalized spacial score (nSPS) is 19.9. The maximum atomic E-state index is 12.6. The van der Waals surface area contributed by atoms with E-state index in [9.17, 15) is 8.42 Å². The lowest BCUT2D eigenvalue weighted by atomic mass is 10.0. The first kappa shape index (κ1) is 15.5. The van der Waals surface area contributed by atoms with Crippen LogP contribution in [0.15, 0.2) is 30.3 Å². The third-order valence-corrected chi connectivity index (χ3v) is 6.79. The number of benzene rings is 1. The number of rotatable bonds is 6. The van der Waals surface area contributed by atoms with Crippen LogP contribution in [0.25, 0.3) is 0 Å². The maximum absolute atomic E-state index is 12.6. The highest BCUT2D eigenvalue weighted by atomic mass is 32.2. The minimum atomic E-state index is -3.07. The largest absolute Gasteiger partial charge is 0.312 e. The molecule has 1 fully saturated rings. The summed E-state index contributed by atoms with van der Waals surface area (Å²) < 4.78 is 25.2. The quantitative estimate of drug-likeness (QED) is 0.877. The average Bonchev–Trinajstić information content (AvgIpc) is 2.93.